The van der Waals surface area contributed by atoms with Gasteiger partial charge in [-0.3, -0.25) is 9.59 Å². The molecule has 120 valence electrons. The second-order valence-electron chi connectivity index (χ2n) is 6.40. The lowest BCUT2D eigenvalue weighted by Gasteiger charge is -2.24. The Hall–Kier alpha value is -2.15. The topological polar surface area (TPSA) is 73.7 Å². The molecule has 23 heavy (non-hydrogen) atoms. The zero-order valence-corrected chi connectivity index (χ0v) is 13.5. The number of rotatable bonds is 2. The van der Waals surface area contributed by atoms with Crippen LogP contribution in [0.15, 0.2) is 24.3 Å². The maximum absolute atomic E-state index is 11.9. The summed E-state index contributed by atoms with van der Waals surface area (Å²) in [4.78, 5) is 31.9. The highest BCUT2D eigenvalue weighted by molar-refractivity contribution is 7.22. The van der Waals surface area contributed by atoms with Gasteiger partial charge in [0.25, 0.3) is 0 Å². The first-order valence-electron chi connectivity index (χ1n) is 7.59. The van der Waals surface area contributed by atoms with Crippen molar-refractivity contribution in [3.63, 3.8) is 0 Å². The van der Waals surface area contributed by atoms with E-state index < -0.39 is 11.4 Å². The minimum Gasteiger partial charge on any atom is -0.481 e. The average molecular weight is 331 g/mol. The lowest BCUT2D eigenvalue weighted by molar-refractivity contribution is -0.148. The Morgan fingerprint density at radius 2 is 2.09 bits per heavy atom. The number of carboxylic acid groups (broad SMARTS) is 1. The quantitative estimate of drug-likeness (QED) is 0.906. The van der Waals surface area contributed by atoms with E-state index in [0.29, 0.717) is 26.2 Å². The van der Waals surface area contributed by atoms with Gasteiger partial charge < -0.3 is 14.9 Å². The second-order valence-corrected chi connectivity index (χ2v) is 7.41. The zero-order chi connectivity index (χ0) is 16.2. The minimum absolute atomic E-state index is 0.0455. The van der Waals surface area contributed by atoms with E-state index in [1.807, 2.05) is 24.3 Å². The molecule has 2 fully saturated rings. The number of anilines is 1. The summed E-state index contributed by atoms with van der Waals surface area (Å²) in [6, 6.07) is 7.93. The molecule has 0 bridgehead atoms. The molecule has 7 heteroatoms. The van der Waals surface area contributed by atoms with Crippen molar-refractivity contribution in [1.29, 1.82) is 0 Å². The number of aliphatic carboxylic acids is 1. The number of benzene rings is 1. The number of aromatic nitrogens is 1. The van der Waals surface area contributed by atoms with Crippen LogP contribution >= 0.6 is 11.3 Å². The first kappa shape index (κ1) is 14.4. The number of carbonyl (C=O) groups is 2. The molecular formula is C16H17N3O3S. The molecule has 0 saturated carbocycles. The van der Waals surface area contributed by atoms with Gasteiger partial charge in [0.1, 0.15) is 5.41 Å². The van der Waals surface area contributed by atoms with Crippen molar-refractivity contribution in [2.45, 2.75) is 6.92 Å². The molecule has 1 N–H and O–H groups in total. The summed E-state index contributed by atoms with van der Waals surface area (Å²) in [5.74, 6) is -0.905. The maximum atomic E-state index is 11.9. The fourth-order valence-electron chi connectivity index (χ4n) is 3.75. The Bertz CT molecular complexity index is 772. The van der Waals surface area contributed by atoms with E-state index in [-0.39, 0.29) is 11.8 Å². The van der Waals surface area contributed by atoms with E-state index >= 15 is 0 Å². The largest absolute Gasteiger partial charge is 0.481 e. The molecule has 1 aromatic heterocycles. The van der Waals surface area contributed by atoms with E-state index in [1.54, 1.807) is 16.2 Å². The van der Waals surface area contributed by atoms with Crippen LogP contribution < -0.4 is 4.90 Å². The van der Waals surface area contributed by atoms with Gasteiger partial charge in [-0.15, -0.1) is 0 Å². The number of carbonyl (C=O) groups excluding carboxylic acids is 1. The highest BCUT2D eigenvalue weighted by Crippen LogP contribution is 2.45. The summed E-state index contributed by atoms with van der Waals surface area (Å²) < 4.78 is 1.11. The highest BCUT2D eigenvalue weighted by Gasteiger charge is 2.58. The van der Waals surface area contributed by atoms with Gasteiger partial charge in [0.2, 0.25) is 5.91 Å². The van der Waals surface area contributed by atoms with Crippen molar-refractivity contribution in [3.05, 3.63) is 24.3 Å². The standard InChI is InChI=1S/C16H17N3O3S/c1-10(20)18-6-11-7-19(9-16(11,8-18)14(21)22)15-17-12-4-2-3-5-13(12)23-15/h2-5,11H,6-9H2,1H3,(H,21,22)/t11-,16-/m1/s1. The van der Waals surface area contributed by atoms with Crippen molar-refractivity contribution in [1.82, 2.24) is 9.88 Å². The Morgan fingerprint density at radius 3 is 2.74 bits per heavy atom. The van der Waals surface area contributed by atoms with E-state index in [0.717, 1.165) is 15.3 Å². The fourth-order valence-corrected chi connectivity index (χ4v) is 4.72. The third-order valence-corrected chi connectivity index (χ3v) is 6.13. The number of hydrogen-bond acceptors (Lipinski definition) is 5. The number of hydrogen-bond donors (Lipinski definition) is 1. The number of amides is 1. The molecule has 4 rings (SSSR count). The molecule has 6 nitrogen and oxygen atoms in total. The Balaban J connectivity index is 1.65. The van der Waals surface area contributed by atoms with Gasteiger partial charge in [-0.1, -0.05) is 23.5 Å². The van der Waals surface area contributed by atoms with Crippen molar-refractivity contribution in [2.24, 2.45) is 11.3 Å². The fraction of sp³-hybridized carbons (Fsp3) is 0.438. The van der Waals surface area contributed by atoms with Crippen LogP contribution in [0.25, 0.3) is 10.2 Å². The molecule has 3 heterocycles. The van der Waals surface area contributed by atoms with E-state index in [4.69, 9.17) is 0 Å². The Labute approximate surface area is 137 Å². The van der Waals surface area contributed by atoms with Gasteiger partial charge in [0.05, 0.1) is 10.2 Å². The maximum Gasteiger partial charge on any atom is 0.313 e. The molecule has 2 aliphatic rings. The van der Waals surface area contributed by atoms with Crippen LogP contribution in [0.3, 0.4) is 0 Å². The summed E-state index contributed by atoms with van der Waals surface area (Å²) in [5, 5.41) is 10.7. The molecule has 0 radical (unpaired) electrons. The lowest BCUT2D eigenvalue weighted by Crippen LogP contribution is -2.41. The van der Waals surface area contributed by atoms with Crippen molar-refractivity contribution >= 4 is 38.6 Å². The molecular weight excluding hydrogens is 314 g/mol. The SMILES string of the molecule is CC(=O)N1C[C@@H]2CN(c3nc4ccccc4s3)C[C@]2(C(=O)O)C1. The van der Waals surface area contributed by atoms with E-state index in [9.17, 15) is 14.7 Å². The Kier molecular flexibility index (Phi) is 3.09. The van der Waals surface area contributed by atoms with Gasteiger partial charge in [-0.25, -0.2) is 4.98 Å². The van der Waals surface area contributed by atoms with Crippen LogP contribution in [0.4, 0.5) is 5.13 Å². The molecule has 0 unspecified atom stereocenters. The minimum atomic E-state index is -0.872. The first-order chi connectivity index (χ1) is 11.0. The number of thiazole rings is 1. The summed E-state index contributed by atoms with van der Waals surface area (Å²) in [7, 11) is 0. The third-order valence-electron chi connectivity index (χ3n) is 5.03. The van der Waals surface area contributed by atoms with Crippen LogP contribution in [0.1, 0.15) is 6.92 Å². The van der Waals surface area contributed by atoms with Crippen molar-refractivity contribution < 1.29 is 14.7 Å². The van der Waals surface area contributed by atoms with E-state index in [1.165, 1.54) is 6.92 Å². The summed E-state index contributed by atoms with van der Waals surface area (Å²) >= 11 is 1.59. The summed E-state index contributed by atoms with van der Waals surface area (Å²) in [6.07, 6.45) is 0. The van der Waals surface area contributed by atoms with Crippen molar-refractivity contribution in [3.8, 4) is 0 Å². The van der Waals surface area contributed by atoms with Gasteiger partial charge in [-0.2, -0.15) is 0 Å². The number of para-hydroxylation sites is 1. The third kappa shape index (κ3) is 2.10. The predicted molar refractivity (Wildman–Crippen MR) is 87.6 cm³/mol. The molecule has 0 aliphatic carbocycles. The highest BCUT2D eigenvalue weighted by atomic mass is 32.1. The molecule has 1 amide bonds. The van der Waals surface area contributed by atoms with Gasteiger partial charge in [-0.05, 0) is 12.1 Å². The van der Waals surface area contributed by atoms with Gasteiger partial charge in [0.15, 0.2) is 5.13 Å². The molecule has 1 aromatic carbocycles. The second kappa shape index (κ2) is 4.92. The Morgan fingerprint density at radius 1 is 1.30 bits per heavy atom. The number of fused-ring (bicyclic) bond motifs is 2. The first-order valence-corrected chi connectivity index (χ1v) is 8.41. The van der Waals surface area contributed by atoms with E-state index in [2.05, 4.69) is 9.88 Å². The van der Waals surface area contributed by atoms with Crippen LogP contribution in [0.5, 0.6) is 0 Å². The molecule has 2 aromatic rings. The predicted octanol–water partition coefficient (Wildman–Crippen LogP) is 1.67. The average Bonchev–Trinajstić information content (AvgIpc) is 3.16. The van der Waals surface area contributed by atoms with Crippen molar-refractivity contribution in [2.75, 3.05) is 31.1 Å². The molecule has 2 saturated heterocycles. The van der Waals surface area contributed by atoms with Crippen LogP contribution in [0, 0.1) is 11.3 Å². The van der Waals surface area contributed by atoms with Crippen LogP contribution in [-0.4, -0.2) is 53.0 Å². The van der Waals surface area contributed by atoms with Gasteiger partial charge >= 0.3 is 5.97 Å². The number of carboxylic acids is 1. The molecule has 2 aliphatic heterocycles. The number of nitrogens with zero attached hydrogens (tertiary/aromatic N) is 3. The van der Waals surface area contributed by atoms with Gasteiger partial charge in [0, 0.05) is 39.0 Å². The number of likely N-dealkylation sites (tertiary alicyclic amines) is 1. The van der Waals surface area contributed by atoms with Crippen LogP contribution in [-0.2, 0) is 9.59 Å². The monoisotopic (exact) mass is 331 g/mol. The molecule has 0 spiro atoms. The zero-order valence-electron chi connectivity index (χ0n) is 12.7. The molecule has 2 atom stereocenters. The lowest BCUT2D eigenvalue weighted by atomic mass is 9.81. The summed E-state index contributed by atoms with van der Waals surface area (Å²) in [6.45, 7) is 3.36. The normalized spacial score (nSPS) is 26.7. The smallest absolute Gasteiger partial charge is 0.313 e. The van der Waals surface area contributed by atoms with Crippen LogP contribution in [0.2, 0.25) is 0 Å². The summed E-state index contributed by atoms with van der Waals surface area (Å²) in [5.41, 5.74) is 0.0723.